The Labute approximate surface area is 232 Å². The van der Waals surface area contributed by atoms with E-state index in [1.54, 1.807) is 29.8 Å². The lowest BCUT2D eigenvalue weighted by molar-refractivity contribution is -0.136. The van der Waals surface area contributed by atoms with Crippen LogP contribution >= 0.6 is 0 Å². The molecule has 0 atom stereocenters. The number of nitrogens with zero attached hydrogens (tertiary/aromatic N) is 4. The summed E-state index contributed by atoms with van der Waals surface area (Å²) < 4.78 is 25.9. The number of halogens is 1. The predicted molar refractivity (Wildman–Crippen MR) is 150 cm³/mol. The van der Waals surface area contributed by atoms with Crippen LogP contribution in [-0.4, -0.2) is 65.9 Å². The standard InChI is InChI=1S/C31H31FN4O4/c1-2-40-31(38)28-20-29(36(33-28)27-14-10-25(32)11-15-27)24-8-12-26(13-9-24)34-16-18-35(19-17-34)30(37)22-39-21-23-6-4-3-5-7-23/h3-15,20H,2,16-19,21-22H2,1H3. The van der Waals surface area contributed by atoms with Gasteiger partial charge in [0.1, 0.15) is 12.4 Å². The number of anilines is 1. The highest BCUT2D eigenvalue weighted by molar-refractivity contribution is 5.89. The number of hydrogen-bond donors (Lipinski definition) is 0. The summed E-state index contributed by atoms with van der Waals surface area (Å²) in [5.74, 6) is -0.870. The Bertz CT molecular complexity index is 1430. The van der Waals surface area contributed by atoms with Gasteiger partial charge >= 0.3 is 5.97 Å². The lowest BCUT2D eigenvalue weighted by Crippen LogP contribution is -2.49. The number of benzene rings is 3. The van der Waals surface area contributed by atoms with Crippen LogP contribution in [0.15, 0.2) is 84.9 Å². The van der Waals surface area contributed by atoms with Crippen LogP contribution in [0.25, 0.3) is 16.9 Å². The third-order valence-electron chi connectivity index (χ3n) is 6.76. The Balaban J connectivity index is 1.23. The smallest absolute Gasteiger partial charge is 0.358 e. The van der Waals surface area contributed by atoms with Gasteiger partial charge in [-0.1, -0.05) is 42.5 Å². The predicted octanol–water partition coefficient (Wildman–Crippen LogP) is 4.72. The van der Waals surface area contributed by atoms with Gasteiger partial charge in [0.15, 0.2) is 5.69 Å². The van der Waals surface area contributed by atoms with Crippen molar-refractivity contribution >= 4 is 17.6 Å². The molecule has 0 saturated carbocycles. The molecule has 1 saturated heterocycles. The highest BCUT2D eigenvalue weighted by Gasteiger charge is 2.22. The van der Waals surface area contributed by atoms with Crippen molar-refractivity contribution in [2.24, 2.45) is 0 Å². The summed E-state index contributed by atoms with van der Waals surface area (Å²) in [6.07, 6.45) is 0. The van der Waals surface area contributed by atoms with Crippen LogP contribution in [0.1, 0.15) is 23.0 Å². The van der Waals surface area contributed by atoms with Crippen LogP contribution in [0.5, 0.6) is 0 Å². The molecule has 9 heteroatoms. The molecule has 1 amide bonds. The van der Waals surface area contributed by atoms with Crippen molar-refractivity contribution < 1.29 is 23.5 Å². The van der Waals surface area contributed by atoms with E-state index in [9.17, 15) is 14.0 Å². The summed E-state index contributed by atoms with van der Waals surface area (Å²) in [4.78, 5) is 29.1. The summed E-state index contributed by atoms with van der Waals surface area (Å²) in [5.41, 5.74) is 4.42. The fourth-order valence-corrected chi connectivity index (χ4v) is 4.65. The van der Waals surface area contributed by atoms with E-state index in [4.69, 9.17) is 9.47 Å². The first-order chi connectivity index (χ1) is 19.5. The van der Waals surface area contributed by atoms with Gasteiger partial charge in [0, 0.05) is 37.4 Å². The van der Waals surface area contributed by atoms with Crippen LogP contribution in [0.4, 0.5) is 10.1 Å². The molecule has 5 rings (SSSR count). The van der Waals surface area contributed by atoms with Crippen molar-refractivity contribution in [3.05, 3.63) is 102 Å². The second kappa shape index (κ2) is 12.6. The second-order valence-electron chi connectivity index (χ2n) is 9.42. The largest absolute Gasteiger partial charge is 0.461 e. The first kappa shape index (κ1) is 27.1. The Morgan fingerprint density at radius 2 is 1.55 bits per heavy atom. The average Bonchev–Trinajstić information content (AvgIpc) is 3.44. The van der Waals surface area contributed by atoms with Crippen LogP contribution in [0.2, 0.25) is 0 Å². The summed E-state index contributed by atoms with van der Waals surface area (Å²) in [5, 5.41) is 4.44. The van der Waals surface area contributed by atoms with Crippen molar-refractivity contribution in [3.8, 4) is 16.9 Å². The van der Waals surface area contributed by atoms with Crippen LogP contribution < -0.4 is 4.90 Å². The summed E-state index contributed by atoms with van der Waals surface area (Å²) in [6, 6.07) is 25.4. The molecule has 1 aliphatic rings. The number of rotatable bonds is 9. The molecule has 0 radical (unpaired) electrons. The van der Waals surface area contributed by atoms with Gasteiger partial charge < -0.3 is 19.3 Å². The second-order valence-corrected chi connectivity index (χ2v) is 9.42. The van der Waals surface area contributed by atoms with E-state index >= 15 is 0 Å². The van der Waals surface area contributed by atoms with E-state index in [0.29, 0.717) is 44.2 Å². The van der Waals surface area contributed by atoms with E-state index < -0.39 is 5.97 Å². The molecular weight excluding hydrogens is 511 g/mol. The van der Waals surface area contributed by atoms with Crippen molar-refractivity contribution in [1.82, 2.24) is 14.7 Å². The zero-order valence-corrected chi connectivity index (χ0v) is 22.3. The van der Waals surface area contributed by atoms with Gasteiger partial charge in [-0.3, -0.25) is 4.79 Å². The summed E-state index contributed by atoms with van der Waals surface area (Å²) in [7, 11) is 0. The molecule has 1 aliphatic heterocycles. The quantitative estimate of drug-likeness (QED) is 0.285. The maximum Gasteiger partial charge on any atom is 0.358 e. The van der Waals surface area contributed by atoms with Gasteiger partial charge in [0.05, 0.1) is 24.6 Å². The molecule has 0 bridgehead atoms. The zero-order chi connectivity index (χ0) is 27.9. The number of hydrogen-bond acceptors (Lipinski definition) is 6. The molecule has 206 valence electrons. The molecule has 1 fully saturated rings. The third kappa shape index (κ3) is 6.38. The van der Waals surface area contributed by atoms with Crippen molar-refractivity contribution in [2.75, 3.05) is 44.3 Å². The number of carbonyl (C=O) groups excluding carboxylic acids is 2. The molecule has 3 aromatic carbocycles. The molecular formula is C31H31FN4O4. The summed E-state index contributed by atoms with van der Waals surface area (Å²) >= 11 is 0. The summed E-state index contributed by atoms with van der Waals surface area (Å²) in [6.45, 7) is 5.13. The van der Waals surface area contributed by atoms with Gasteiger partial charge in [-0.15, -0.1) is 0 Å². The van der Waals surface area contributed by atoms with E-state index in [-0.39, 0.29) is 30.6 Å². The van der Waals surface area contributed by atoms with E-state index in [1.165, 1.54) is 12.1 Å². The van der Waals surface area contributed by atoms with E-state index in [2.05, 4.69) is 10.00 Å². The molecule has 8 nitrogen and oxygen atoms in total. The number of aromatic nitrogens is 2. The lowest BCUT2D eigenvalue weighted by Gasteiger charge is -2.36. The molecule has 0 N–H and O–H groups in total. The van der Waals surface area contributed by atoms with Crippen molar-refractivity contribution in [1.29, 1.82) is 0 Å². The molecule has 0 aliphatic carbocycles. The minimum Gasteiger partial charge on any atom is -0.461 e. The third-order valence-corrected chi connectivity index (χ3v) is 6.76. The minimum atomic E-state index is -0.515. The minimum absolute atomic E-state index is 0.00242. The number of amides is 1. The highest BCUT2D eigenvalue weighted by atomic mass is 19.1. The van der Waals surface area contributed by atoms with Crippen molar-refractivity contribution in [3.63, 3.8) is 0 Å². The number of ether oxygens (including phenoxy) is 2. The van der Waals surface area contributed by atoms with Gasteiger partial charge in [-0.2, -0.15) is 5.10 Å². The average molecular weight is 543 g/mol. The Kier molecular flexibility index (Phi) is 8.51. The molecule has 0 spiro atoms. The Hall–Kier alpha value is -4.50. The van der Waals surface area contributed by atoms with Crippen LogP contribution in [0, 0.1) is 5.82 Å². The number of carbonyl (C=O) groups is 2. The SMILES string of the molecule is CCOC(=O)c1cc(-c2ccc(N3CCN(C(=O)COCc4ccccc4)CC3)cc2)n(-c2ccc(F)cc2)n1. The molecule has 4 aromatic rings. The van der Waals surface area contributed by atoms with Crippen LogP contribution in [0.3, 0.4) is 0 Å². The number of piperazine rings is 1. The first-order valence-electron chi connectivity index (χ1n) is 13.3. The van der Waals surface area contributed by atoms with Crippen molar-refractivity contribution in [2.45, 2.75) is 13.5 Å². The Morgan fingerprint density at radius 3 is 2.23 bits per heavy atom. The lowest BCUT2D eigenvalue weighted by atomic mass is 10.1. The molecule has 40 heavy (non-hydrogen) atoms. The van der Waals surface area contributed by atoms with Gasteiger partial charge in [-0.25, -0.2) is 13.9 Å². The van der Waals surface area contributed by atoms with E-state index in [0.717, 1.165) is 16.8 Å². The Morgan fingerprint density at radius 1 is 0.875 bits per heavy atom. The maximum absolute atomic E-state index is 13.5. The normalized spacial score (nSPS) is 13.3. The molecule has 1 aromatic heterocycles. The van der Waals surface area contributed by atoms with Gasteiger partial charge in [0.2, 0.25) is 5.91 Å². The van der Waals surface area contributed by atoms with Gasteiger partial charge in [-0.05, 0) is 55.0 Å². The zero-order valence-electron chi connectivity index (χ0n) is 22.3. The number of esters is 1. The fourth-order valence-electron chi connectivity index (χ4n) is 4.65. The molecule has 2 heterocycles. The highest BCUT2D eigenvalue weighted by Crippen LogP contribution is 2.27. The van der Waals surface area contributed by atoms with E-state index in [1.807, 2.05) is 59.5 Å². The van der Waals surface area contributed by atoms with Gasteiger partial charge in [0.25, 0.3) is 0 Å². The first-order valence-corrected chi connectivity index (χ1v) is 13.3. The fraction of sp³-hybridized carbons (Fsp3) is 0.258. The maximum atomic E-state index is 13.5. The molecule has 0 unspecified atom stereocenters. The topological polar surface area (TPSA) is 76.9 Å². The van der Waals surface area contributed by atoms with Crippen LogP contribution in [-0.2, 0) is 20.9 Å². The monoisotopic (exact) mass is 542 g/mol.